The lowest BCUT2D eigenvalue weighted by Crippen LogP contribution is -2.47. The topological polar surface area (TPSA) is 87.5 Å². The van der Waals surface area contributed by atoms with Gasteiger partial charge in [0, 0.05) is 6.04 Å². The van der Waals surface area contributed by atoms with Gasteiger partial charge in [-0.15, -0.1) is 0 Å². The predicted molar refractivity (Wildman–Crippen MR) is 74.6 cm³/mol. The molecule has 1 aliphatic rings. The van der Waals surface area contributed by atoms with Crippen molar-refractivity contribution < 1.29 is 9.59 Å². The van der Waals surface area contributed by atoms with Gasteiger partial charge in [-0.3, -0.25) is 15.0 Å². The van der Waals surface area contributed by atoms with Gasteiger partial charge in [-0.2, -0.15) is 0 Å². The number of likely N-dealkylation sites (tertiary alicyclic amines) is 1. The smallest absolute Gasteiger partial charge is 0.318 e. The summed E-state index contributed by atoms with van der Waals surface area (Å²) in [7, 11) is 0. The van der Waals surface area contributed by atoms with Crippen LogP contribution in [0.4, 0.5) is 4.79 Å². The third-order valence-electron chi connectivity index (χ3n) is 3.69. The fraction of sp³-hybridized carbons (Fsp3) is 0.846. The van der Waals surface area contributed by atoms with Crippen molar-refractivity contribution in [2.75, 3.05) is 26.2 Å². The Morgan fingerprint density at radius 3 is 2.53 bits per heavy atom. The van der Waals surface area contributed by atoms with E-state index in [-0.39, 0.29) is 12.5 Å². The molecule has 0 spiro atoms. The zero-order valence-electron chi connectivity index (χ0n) is 11.9. The van der Waals surface area contributed by atoms with E-state index in [1.165, 1.54) is 0 Å². The fourth-order valence-electron chi connectivity index (χ4n) is 2.53. The van der Waals surface area contributed by atoms with Crippen LogP contribution in [0.1, 0.15) is 33.1 Å². The van der Waals surface area contributed by atoms with Crippen LogP contribution in [0.25, 0.3) is 0 Å². The summed E-state index contributed by atoms with van der Waals surface area (Å²) in [5.41, 5.74) is 4.91. The van der Waals surface area contributed by atoms with Crippen molar-refractivity contribution in [2.24, 2.45) is 11.7 Å². The molecular formula is C13H26N4O2. The van der Waals surface area contributed by atoms with Gasteiger partial charge in [0.2, 0.25) is 5.91 Å². The number of hydrogen-bond donors (Lipinski definition) is 3. The first-order chi connectivity index (χ1) is 9.02. The van der Waals surface area contributed by atoms with Crippen LogP contribution in [0.2, 0.25) is 0 Å². The van der Waals surface area contributed by atoms with E-state index in [1.54, 1.807) is 0 Å². The molecule has 19 heavy (non-hydrogen) atoms. The molecule has 1 atom stereocenters. The third kappa shape index (κ3) is 6.02. The second-order valence-electron chi connectivity index (χ2n) is 5.27. The maximum absolute atomic E-state index is 11.4. The van der Waals surface area contributed by atoms with Crippen molar-refractivity contribution in [3.63, 3.8) is 0 Å². The van der Waals surface area contributed by atoms with E-state index >= 15 is 0 Å². The molecule has 1 saturated heterocycles. The third-order valence-corrected chi connectivity index (χ3v) is 3.69. The minimum atomic E-state index is -0.780. The summed E-state index contributed by atoms with van der Waals surface area (Å²) in [4.78, 5) is 24.0. The number of urea groups is 1. The first-order valence-corrected chi connectivity index (χ1v) is 7.08. The molecule has 0 saturated carbocycles. The molecule has 1 fully saturated rings. The predicted octanol–water partition coefficient (Wildman–Crippen LogP) is 0.281. The molecular weight excluding hydrogens is 244 g/mol. The molecule has 1 rings (SSSR count). The normalized spacial score (nSPS) is 19.1. The van der Waals surface area contributed by atoms with Gasteiger partial charge in [-0.05, 0) is 51.7 Å². The zero-order chi connectivity index (χ0) is 14.3. The highest BCUT2D eigenvalue weighted by Gasteiger charge is 2.24. The molecule has 1 unspecified atom stereocenters. The minimum Gasteiger partial charge on any atom is -0.351 e. The first kappa shape index (κ1) is 15.9. The average Bonchev–Trinajstić information content (AvgIpc) is 2.35. The molecule has 0 radical (unpaired) electrons. The van der Waals surface area contributed by atoms with Crippen LogP contribution in [-0.4, -0.2) is 49.1 Å². The van der Waals surface area contributed by atoms with Gasteiger partial charge in [-0.25, -0.2) is 4.79 Å². The van der Waals surface area contributed by atoms with Gasteiger partial charge in [0.05, 0.1) is 6.54 Å². The van der Waals surface area contributed by atoms with Crippen LogP contribution in [0, 0.1) is 5.92 Å². The summed E-state index contributed by atoms with van der Waals surface area (Å²) < 4.78 is 0. The number of nitrogens with zero attached hydrogens (tertiary/aromatic N) is 1. The second-order valence-corrected chi connectivity index (χ2v) is 5.27. The molecule has 3 amide bonds. The number of carbonyl (C=O) groups is 2. The minimum absolute atomic E-state index is 0.256. The van der Waals surface area contributed by atoms with Crippen LogP contribution < -0.4 is 16.4 Å². The van der Waals surface area contributed by atoms with Crippen LogP contribution in [-0.2, 0) is 4.79 Å². The maximum atomic E-state index is 11.4. The highest BCUT2D eigenvalue weighted by molar-refractivity contribution is 5.94. The molecule has 6 heteroatoms. The van der Waals surface area contributed by atoms with Crippen molar-refractivity contribution >= 4 is 11.9 Å². The summed E-state index contributed by atoms with van der Waals surface area (Å²) in [5, 5.41) is 5.62. The number of imide groups is 1. The monoisotopic (exact) mass is 270 g/mol. The molecule has 0 bridgehead atoms. The van der Waals surface area contributed by atoms with Gasteiger partial charge < -0.3 is 11.1 Å². The molecule has 1 heterocycles. The van der Waals surface area contributed by atoms with E-state index in [9.17, 15) is 9.59 Å². The van der Waals surface area contributed by atoms with Crippen molar-refractivity contribution in [2.45, 2.75) is 39.2 Å². The van der Waals surface area contributed by atoms with Crippen molar-refractivity contribution in [3.8, 4) is 0 Å². The molecule has 4 N–H and O–H groups in total. The van der Waals surface area contributed by atoms with Gasteiger partial charge in [0.15, 0.2) is 0 Å². The largest absolute Gasteiger partial charge is 0.351 e. The molecule has 0 aromatic carbocycles. The van der Waals surface area contributed by atoms with Crippen LogP contribution in [0.15, 0.2) is 0 Å². The lowest BCUT2D eigenvalue weighted by molar-refractivity contribution is -0.121. The molecule has 6 nitrogen and oxygen atoms in total. The Bertz CT molecular complexity index is 301. The Hall–Kier alpha value is -1.14. The number of amides is 3. The van der Waals surface area contributed by atoms with Gasteiger partial charge in [-0.1, -0.05) is 6.92 Å². The highest BCUT2D eigenvalue weighted by Crippen LogP contribution is 2.20. The molecule has 0 aromatic rings. The van der Waals surface area contributed by atoms with E-state index in [1.807, 2.05) is 0 Å². The van der Waals surface area contributed by atoms with Gasteiger partial charge >= 0.3 is 6.03 Å². The summed E-state index contributed by atoms with van der Waals surface area (Å²) >= 11 is 0. The Balaban J connectivity index is 2.24. The Kier molecular flexibility index (Phi) is 6.80. The van der Waals surface area contributed by atoms with E-state index in [0.717, 1.165) is 38.9 Å². The summed E-state index contributed by atoms with van der Waals surface area (Å²) in [6.07, 6.45) is 3.32. The SMILES string of the molecule is CCCNC(C)C1CCN(CC(=O)NC(N)=O)CC1. The Morgan fingerprint density at radius 1 is 1.37 bits per heavy atom. The van der Waals surface area contributed by atoms with Crippen molar-refractivity contribution in [3.05, 3.63) is 0 Å². The van der Waals surface area contributed by atoms with Crippen molar-refractivity contribution in [1.82, 2.24) is 15.5 Å². The van der Waals surface area contributed by atoms with E-state index < -0.39 is 6.03 Å². The average molecular weight is 270 g/mol. The summed E-state index contributed by atoms with van der Waals surface area (Å²) in [5.74, 6) is 0.352. The molecule has 1 aliphatic heterocycles. The number of carbonyl (C=O) groups excluding carboxylic acids is 2. The van der Waals surface area contributed by atoms with Crippen molar-refractivity contribution in [1.29, 1.82) is 0 Å². The van der Waals surface area contributed by atoms with Crippen LogP contribution in [0.5, 0.6) is 0 Å². The van der Waals surface area contributed by atoms with E-state index in [2.05, 4.69) is 29.4 Å². The Morgan fingerprint density at radius 2 is 2.00 bits per heavy atom. The first-order valence-electron chi connectivity index (χ1n) is 7.08. The zero-order valence-corrected chi connectivity index (χ0v) is 11.9. The highest BCUT2D eigenvalue weighted by atomic mass is 16.2. The number of nitrogens with two attached hydrogens (primary N) is 1. The number of hydrogen-bond acceptors (Lipinski definition) is 4. The second kappa shape index (κ2) is 8.12. The quantitative estimate of drug-likeness (QED) is 0.647. The standard InChI is InChI=1S/C13H26N4O2/c1-3-6-15-10(2)11-4-7-17(8-5-11)9-12(18)16-13(14)19/h10-11,15H,3-9H2,1-2H3,(H3,14,16,18,19). The summed E-state index contributed by atoms with van der Waals surface area (Å²) in [6.45, 7) is 7.51. The number of primary amides is 1. The number of nitrogens with one attached hydrogen (secondary N) is 2. The van der Waals surface area contributed by atoms with E-state index in [4.69, 9.17) is 5.73 Å². The number of piperidine rings is 1. The lowest BCUT2D eigenvalue weighted by Gasteiger charge is -2.34. The molecule has 110 valence electrons. The van der Waals surface area contributed by atoms with Gasteiger partial charge in [0.25, 0.3) is 0 Å². The van der Waals surface area contributed by atoms with E-state index in [0.29, 0.717) is 12.0 Å². The summed E-state index contributed by atoms with van der Waals surface area (Å²) in [6, 6.07) is -0.251. The maximum Gasteiger partial charge on any atom is 0.318 e. The molecule has 0 aliphatic carbocycles. The van der Waals surface area contributed by atoms with Crippen LogP contribution >= 0.6 is 0 Å². The Labute approximate surface area is 115 Å². The fourth-order valence-corrected chi connectivity index (χ4v) is 2.53. The molecule has 0 aromatic heterocycles. The van der Waals surface area contributed by atoms with Gasteiger partial charge in [0.1, 0.15) is 0 Å². The number of rotatable bonds is 6. The van der Waals surface area contributed by atoms with Crippen LogP contribution in [0.3, 0.4) is 0 Å². The lowest BCUT2D eigenvalue weighted by atomic mass is 9.90.